The van der Waals surface area contributed by atoms with Crippen molar-refractivity contribution >= 4 is 44.5 Å². The average molecular weight is 545 g/mol. The molecule has 6 aromatic rings. The first kappa shape index (κ1) is 24.8. The lowest BCUT2D eigenvalue weighted by Gasteiger charge is -2.29. The van der Waals surface area contributed by atoms with E-state index in [2.05, 4.69) is 150 Å². The van der Waals surface area contributed by atoms with Gasteiger partial charge in [-0.1, -0.05) is 72.8 Å². The number of hydrogen-bond donors (Lipinski definition) is 0. The number of nitrogens with zero attached hydrogens (tertiary/aromatic N) is 2. The SMILES string of the molecule is Cc1c(/C=C\C(C)N2CC3(C=CC=C=CC3)c3ccccc32)oc2ccc(-n3c4ccccc4c4ccccc43)cc12. The first-order chi connectivity index (χ1) is 20.6. The molecule has 1 aliphatic heterocycles. The summed E-state index contributed by atoms with van der Waals surface area (Å²) in [5.41, 5.74) is 11.6. The van der Waals surface area contributed by atoms with Crippen LogP contribution in [0.4, 0.5) is 5.69 Å². The van der Waals surface area contributed by atoms with Crippen LogP contribution in [0, 0.1) is 6.92 Å². The number of rotatable bonds is 4. The van der Waals surface area contributed by atoms with Crippen LogP contribution in [0.3, 0.4) is 0 Å². The lowest BCUT2D eigenvalue weighted by molar-refractivity contribution is 0.555. The molecule has 3 heteroatoms. The minimum Gasteiger partial charge on any atom is -0.456 e. The van der Waals surface area contributed by atoms with Gasteiger partial charge in [-0.3, -0.25) is 0 Å². The number of allylic oxidation sites excluding steroid dienone is 2. The molecule has 2 atom stereocenters. The first-order valence-corrected chi connectivity index (χ1v) is 14.8. The lowest BCUT2D eigenvalue weighted by atomic mass is 9.79. The van der Waals surface area contributed by atoms with E-state index in [1.165, 1.54) is 33.1 Å². The van der Waals surface area contributed by atoms with Crippen LogP contribution < -0.4 is 4.90 Å². The van der Waals surface area contributed by atoms with E-state index in [4.69, 9.17) is 4.42 Å². The van der Waals surface area contributed by atoms with Crippen LogP contribution in [-0.4, -0.2) is 17.2 Å². The molecule has 1 spiro atoms. The van der Waals surface area contributed by atoms with E-state index in [9.17, 15) is 0 Å². The third-order valence-electron chi connectivity index (χ3n) is 9.21. The summed E-state index contributed by atoms with van der Waals surface area (Å²) in [6, 6.07) is 32.9. The van der Waals surface area contributed by atoms with E-state index < -0.39 is 0 Å². The summed E-state index contributed by atoms with van der Waals surface area (Å²) in [5, 5.41) is 3.69. The zero-order chi connectivity index (χ0) is 28.3. The van der Waals surface area contributed by atoms with Gasteiger partial charge in [-0.05, 0) is 80.5 Å². The highest BCUT2D eigenvalue weighted by Gasteiger charge is 2.41. The molecule has 204 valence electrons. The van der Waals surface area contributed by atoms with Crippen LogP contribution in [0.5, 0.6) is 0 Å². The molecule has 0 saturated heterocycles. The van der Waals surface area contributed by atoms with Gasteiger partial charge in [0.25, 0.3) is 0 Å². The molecule has 0 radical (unpaired) electrons. The summed E-state index contributed by atoms with van der Waals surface area (Å²) in [4.78, 5) is 2.52. The zero-order valence-corrected chi connectivity index (χ0v) is 23.9. The number of benzene rings is 4. The van der Waals surface area contributed by atoms with Crippen molar-refractivity contribution in [1.82, 2.24) is 4.57 Å². The van der Waals surface area contributed by atoms with Gasteiger partial charge in [0.15, 0.2) is 0 Å². The second-order valence-electron chi connectivity index (χ2n) is 11.6. The Hall–Kier alpha value is -4.98. The standard InChI is InChI=1S/C39H32N2O/c1-27(40-26-39(23-11-3-4-12-24-39)33-15-7-10-18-36(33)40)19-21-37-28(2)32-25-29(20-22-38(32)42-37)41-34-16-8-5-13-30(34)31-14-6-9-17-35(31)41/h3,5-23,25,27H,24,26H2,1-2H3/b21-19-. The van der Waals surface area contributed by atoms with Crippen molar-refractivity contribution in [2.75, 3.05) is 11.4 Å². The predicted octanol–water partition coefficient (Wildman–Crippen LogP) is 9.67. The van der Waals surface area contributed by atoms with E-state index in [1.807, 2.05) is 6.08 Å². The van der Waals surface area contributed by atoms with Crippen LogP contribution >= 0.6 is 0 Å². The summed E-state index contributed by atoms with van der Waals surface area (Å²) in [6.45, 7) is 5.39. The van der Waals surface area contributed by atoms with Crippen molar-refractivity contribution in [1.29, 1.82) is 0 Å². The van der Waals surface area contributed by atoms with E-state index in [-0.39, 0.29) is 11.5 Å². The maximum atomic E-state index is 6.41. The molecule has 3 nitrogen and oxygen atoms in total. The Morgan fingerprint density at radius 2 is 1.62 bits per heavy atom. The second kappa shape index (κ2) is 9.55. The number of fused-ring (bicyclic) bond motifs is 6. The topological polar surface area (TPSA) is 21.3 Å². The maximum Gasteiger partial charge on any atom is 0.135 e. The van der Waals surface area contributed by atoms with Gasteiger partial charge in [0.2, 0.25) is 0 Å². The van der Waals surface area contributed by atoms with Gasteiger partial charge >= 0.3 is 0 Å². The molecule has 2 aromatic heterocycles. The van der Waals surface area contributed by atoms with Gasteiger partial charge in [0.1, 0.15) is 11.3 Å². The van der Waals surface area contributed by atoms with E-state index in [0.717, 1.165) is 40.9 Å². The fraction of sp³-hybridized carbons (Fsp3) is 0.154. The smallest absolute Gasteiger partial charge is 0.135 e. The fourth-order valence-electron chi connectivity index (χ4n) is 7.02. The Morgan fingerprint density at radius 1 is 0.881 bits per heavy atom. The summed E-state index contributed by atoms with van der Waals surface area (Å²) in [5.74, 6) is 0.917. The summed E-state index contributed by atoms with van der Waals surface area (Å²) in [6.07, 6.45) is 14.1. The van der Waals surface area contributed by atoms with Crippen molar-refractivity contribution in [3.05, 3.63) is 144 Å². The molecule has 0 amide bonds. The van der Waals surface area contributed by atoms with Crippen molar-refractivity contribution < 1.29 is 4.42 Å². The van der Waals surface area contributed by atoms with Crippen LogP contribution in [0.25, 0.3) is 44.5 Å². The minimum absolute atomic E-state index is 0.0167. The third-order valence-corrected chi connectivity index (χ3v) is 9.21. The Kier molecular flexibility index (Phi) is 5.63. The van der Waals surface area contributed by atoms with Crippen molar-refractivity contribution in [2.45, 2.75) is 31.7 Å². The van der Waals surface area contributed by atoms with E-state index in [1.54, 1.807) is 0 Å². The molecule has 42 heavy (non-hydrogen) atoms. The van der Waals surface area contributed by atoms with Gasteiger partial charge in [-0.25, -0.2) is 0 Å². The number of aryl methyl sites for hydroxylation is 1. The molecule has 8 rings (SSSR count). The Morgan fingerprint density at radius 3 is 2.43 bits per heavy atom. The Balaban J connectivity index is 1.14. The molecule has 2 unspecified atom stereocenters. The maximum absolute atomic E-state index is 6.41. The molecule has 0 fully saturated rings. The molecular weight excluding hydrogens is 512 g/mol. The summed E-state index contributed by atoms with van der Waals surface area (Å²) in [7, 11) is 0. The van der Waals surface area contributed by atoms with Crippen LogP contribution in [0.2, 0.25) is 0 Å². The van der Waals surface area contributed by atoms with Crippen LogP contribution in [0.1, 0.15) is 30.2 Å². The zero-order valence-electron chi connectivity index (χ0n) is 23.9. The summed E-state index contributed by atoms with van der Waals surface area (Å²) < 4.78 is 8.77. The number of furan rings is 1. The molecule has 0 N–H and O–H groups in total. The van der Waals surface area contributed by atoms with Gasteiger partial charge in [-0.15, -0.1) is 5.73 Å². The lowest BCUT2D eigenvalue weighted by Crippen LogP contribution is -2.36. The highest BCUT2D eigenvalue weighted by molar-refractivity contribution is 6.09. The normalized spacial score (nSPS) is 18.7. The molecule has 2 aliphatic rings. The molecule has 0 saturated carbocycles. The molecule has 1 aliphatic carbocycles. The van der Waals surface area contributed by atoms with E-state index in [0.29, 0.717) is 0 Å². The average Bonchev–Trinajstić information content (AvgIpc) is 3.57. The van der Waals surface area contributed by atoms with E-state index >= 15 is 0 Å². The van der Waals surface area contributed by atoms with Gasteiger partial charge in [-0.2, -0.15) is 0 Å². The minimum atomic E-state index is -0.0167. The van der Waals surface area contributed by atoms with Crippen molar-refractivity contribution in [3.63, 3.8) is 0 Å². The molecular formula is C39H32N2O. The van der Waals surface area contributed by atoms with Gasteiger partial charge in [0.05, 0.1) is 11.0 Å². The number of anilines is 1. The molecule has 3 heterocycles. The number of aromatic nitrogens is 1. The van der Waals surface area contributed by atoms with Gasteiger partial charge in [0, 0.05) is 51.1 Å². The quantitative estimate of drug-likeness (QED) is 0.206. The number of para-hydroxylation sites is 3. The number of hydrogen-bond acceptors (Lipinski definition) is 2. The van der Waals surface area contributed by atoms with Crippen LogP contribution in [0.15, 0.2) is 132 Å². The predicted molar refractivity (Wildman–Crippen MR) is 176 cm³/mol. The second-order valence-corrected chi connectivity index (χ2v) is 11.6. The van der Waals surface area contributed by atoms with Crippen molar-refractivity contribution in [2.24, 2.45) is 0 Å². The third kappa shape index (κ3) is 3.75. The highest BCUT2D eigenvalue weighted by atomic mass is 16.3. The van der Waals surface area contributed by atoms with Gasteiger partial charge < -0.3 is 13.9 Å². The highest BCUT2D eigenvalue weighted by Crippen LogP contribution is 2.46. The fourth-order valence-corrected chi connectivity index (χ4v) is 7.02. The monoisotopic (exact) mass is 544 g/mol. The Labute approximate surface area is 246 Å². The summed E-state index contributed by atoms with van der Waals surface area (Å²) >= 11 is 0. The Bertz CT molecular complexity index is 2080. The molecule has 0 bridgehead atoms. The molecule has 4 aromatic carbocycles. The van der Waals surface area contributed by atoms with Crippen molar-refractivity contribution in [3.8, 4) is 5.69 Å². The first-order valence-electron chi connectivity index (χ1n) is 14.8. The van der Waals surface area contributed by atoms with Crippen LogP contribution in [-0.2, 0) is 5.41 Å². The largest absolute Gasteiger partial charge is 0.456 e.